The van der Waals surface area contributed by atoms with Gasteiger partial charge in [-0.25, -0.2) is 9.98 Å². The first-order valence-corrected chi connectivity index (χ1v) is 6.16. The summed E-state index contributed by atoms with van der Waals surface area (Å²) in [5, 5.41) is 1.04. The van der Waals surface area contributed by atoms with E-state index in [1.807, 2.05) is 43.6 Å². The number of aryl methyl sites for hydroxylation is 1. The zero-order valence-corrected chi connectivity index (χ0v) is 10.5. The monoisotopic (exact) mass is 223 g/mol. The van der Waals surface area contributed by atoms with Crippen LogP contribution in [0.5, 0.6) is 0 Å². The highest BCUT2D eigenvalue weighted by Gasteiger charge is 1.99. The summed E-state index contributed by atoms with van der Waals surface area (Å²) in [4.78, 5) is 10.8. The molecule has 1 aromatic heterocycles. The molecule has 0 aliphatic carbocycles. The number of aliphatic imine (C=N–C) groups is 1. The number of hydrogen-bond acceptors (Lipinski definition) is 3. The summed E-state index contributed by atoms with van der Waals surface area (Å²) in [5.74, 6) is 0. The van der Waals surface area contributed by atoms with E-state index in [0.29, 0.717) is 0 Å². The average Bonchev–Trinajstić information content (AvgIpc) is 2.26. The van der Waals surface area contributed by atoms with Crippen molar-refractivity contribution in [2.45, 2.75) is 18.9 Å². The first-order chi connectivity index (χ1) is 7.17. The van der Waals surface area contributed by atoms with Crippen LogP contribution in [-0.2, 0) is 0 Å². The zero-order valence-electron chi connectivity index (χ0n) is 9.69. The van der Waals surface area contributed by atoms with Gasteiger partial charge in [-0.3, -0.25) is 0 Å². The minimum atomic E-state index is 0.938. The Kier molecular flexibility index (Phi) is 4.62. The normalized spacial score (nSPS) is 10.9. The third kappa shape index (κ3) is 3.55. The molecule has 0 aliphatic heterocycles. The van der Waals surface area contributed by atoms with E-state index in [1.165, 1.54) is 0 Å². The van der Waals surface area contributed by atoms with Gasteiger partial charge in [0, 0.05) is 13.6 Å². The van der Waals surface area contributed by atoms with Gasteiger partial charge in [0.05, 0.1) is 22.7 Å². The van der Waals surface area contributed by atoms with Crippen molar-refractivity contribution >= 4 is 23.8 Å². The molecule has 15 heavy (non-hydrogen) atoms. The predicted octanol–water partition coefficient (Wildman–Crippen LogP) is 2.72. The maximum Gasteiger partial charge on any atom is 0.0962 e. The van der Waals surface area contributed by atoms with E-state index >= 15 is 0 Å². The molecule has 0 saturated heterocycles. The van der Waals surface area contributed by atoms with Crippen LogP contribution in [0.2, 0.25) is 0 Å². The molecule has 3 nitrogen and oxygen atoms in total. The van der Waals surface area contributed by atoms with Crippen LogP contribution in [-0.4, -0.2) is 36.1 Å². The molecule has 0 bridgehead atoms. The molecule has 0 saturated carbocycles. The van der Waals surface area contributed by atoms with E-state index in [-0.39, 0.29) is 0 Å². The molecule has 0 aliphatic rings. The first kappa shape index (κ1) is 12.0. The molecule has 0 spiro atoms. The highest BCUT2D eigenvalue weighted by molar-refractivity contribution is 7.98. The summed E-state index contributed by atoms with van der Waals surface area (Å²) in [7, 11) is 2.00. The molecule has 0 unspecified atom stereocenters. The van der Waals surface area contributed by atoms with Crippen LogP contribution in [0.1, 0.15) is 12.6 Å². The van der Waals surface area contributed by atoms with Gasteiger partial charge in [-0.15, -0.1) is 11.8 Å². The largest absolute Gasteiger partial charge is 0.366 e. The maximum absolute atomic E-state index is 4.43. The molecule has 1 aromatic rings. The summed E-state index contributed by atoms with van der Waals surface area (Å²) in [6.45, 7) is 5.03. The lowest BCUT2D eigenvalue weighted by Gasteiger charge is -2.08. The Morgan fingerprint density at radius 2 is 2.27 bits per heavy atom. The summed E-state index contributed by atoms with van der Waals surface area (Å²) >= 11 is 1.65. The van der Waals surface area contributed by atoms with E-state index in [2.05, 4.69) is 16.9 Å². The lowest BCUT2D eigenvalue weighted by atomic mass is 10.3. The third-order valence-corrected chi connectivity index (χ3v) is 2.78. The predicted molar refractivity (Wildman–Crippen MR) is 67.2 cm³/mol. The topological polar surface area (TPSA) is 28.5 Å². The summed E-state index contributed by atoms with van der Waals surface area (Å²) < 4.78 is 0. The second-order valence-electron chi connectivity index (χ2n) is 3.28. The summed E-state index contributed by atoms with van der Waals surface area (Å²) in [6.07, 6.45) is 3.86. The van der Waals surface area contributed by atoms with E-state index in [1.54, 1.807) is 11.8 Å². The fraction of sp³-hybridized carbons (Fsp3) is 0.455. The van der Waals surface area contributed by atoms with Gasteiger partial charge >= 0.3 is 0 Å². The fourth-order valence-electron chi connectivity index (χ4n) is 1.02. The molecule has 1 heterocycles. The van der Waals surface area contributed by atoms with Crippen molar-refractivity contribution < 1.29 is 0 Å². The van der Waals surface area contributed by atoms with Crippen LogP contribution in [0, 0.1) is 6.92 Å². The average molecular weight is 223 g/mol. The van der Waals surface area contributed by atoms with Crippen LogP contribution in [0.15, 0.2) is 22.2 Å². The van der Waals surface area contributed by atoms with Gasteiger partial charge in [0.2, 0.25) is 0 Å². The molecule has 0 N–H and O–H groups in total. The summed E-state index contributed by atoms with van der Waals surface area (Å²) in [5.41, 5.74) is 1.91. The number of hydrogen-bond donors (Lipinski definition) is 0. The first-order valence-electron chi connectivity index (χ1n) is 4.93. The van der Waals surface area contributed by atoms with Gasteiger partial charge in [-0.1, -0.05) is 0 Å². The molecule has 0 fully saturated rings. The molecule has 4 heteroatoms. The van der Waals surface area contributed by atoms with Crippen molar-refractivity contribution in [1.29, 1.82) is 0 Å². The quantitative estimate of drug-likeness (QED) is 0.446. The second-order valence-corrected chi connectivity index (χ2v) is 4.10. The lowest BCUT2D eigenvalue weighted by molar-refractivity contribution is 0.552. The Morgan fingerprint density at radius 3 is 2.80 bits per heavy atom. The number of nitrogens with zero attached hydrogens (tertiary/aromatic N) is 3. The van der Waals surface area contributed by atoms with Crippen molar-refractivity contribution in [2.75, 3.05) is 19.8 Å². The number of thioether (sulfide) groups is 1. The second kappa shape index (κ2) is 5.75. The van der Waals surface area contributed by atoms with Crippen molar-refractivity contribution in [1.82, 2.24) is 9.88 Å². The number of rotatable bonds is 4. The Bertz CT molecular complexity index is 350. The highest BCUT2D eigenvalue weighted by Crippen LogP contribution is 2.20. The minimum Gasteiger partial charge on any atom is -0.366 e. The fourth-order valence-corrected chi connectivity index (χ4v) is 1.46. The van der Waals surface area contributed by atoms with Crippen molar-refractivity contribution in [3.63, 3.8) is 0 Å². The van der Waals surface area contributed by atoms with Gasteiger partial charge in [0.25, 0.3) is 0 Å². The van der Waals surface area contributed by atoms with Crippen LogP contribution in [0.3, 0.4) is 0 Å². The van der Waals surface area contributed by atoms with Gasteiger partial charge in [-0.2, -0.15) is 0 Å². The van der Waals surface area contributed by atoms with E-state index in [4.69, 9.17) is 0 Å². The molecule has 0 amide bonds. The molecule has 82 valence electrons. The Balaban J connectivity index is 2.82. The SMILES string of the molecule is CCN(C)/C=N/c1ccc(SC)nc1C. The van der Waals surface area contributed by atoms with Crippen LogP contribution in [0.25, 0.3) is 0 Å². The van der Waals surface area contributed by atoms with Gasteiger partial charge < -0.3 is 4.90 Å². The lowest BCUT2D eigenvalue weighted by Crippen LogP contribution is -2.14. The standard InChI is InChI=1S/C11H17N3S/c1-5-14(3)8-12-10-6-7-11(15-4)13-9(10)2/h6-8H,5H2,1-4H3/b12-8+. The maximum atomic E-state index is 4.43. The van der Waals surface area contributed by atoms with Crippen LogP contribution < -0.4 is 0 Å². The number of pyridine rings is 1. The molecular weight excluding hydrogens is 206 g/mol. The van der Waals surface area contributed by atoms with E-state index in [9.17, 15) is 0 Å². The van der Waals surface area contributed by atoms with Gasteiger partial charge in [0.15, 0.2) is 0 Å². The summed E-state index contributed by atoms with van der Waals surface area (Å²) in [6, 6.07) is 4.00. The third-order valence-electron chi connectivity index (χ3n) is 2.13. The Morgan fingerprint density at radius 1 is 1.53 bits per heavy atom. The molecule has 0 atom stereocenters. The van der Waals surface area contributed by atoms with Crippen LogP contribution >= 0.6 is 11.8 Å². The highest BCUT2D eigenvalue weighted by atomic mass is 32.2. The van der Waals surface area contributed by atoms with Crippen molar-refractivity contribution in [3.05, 3.63) is 17.8 Å². The van der Waals surface area contributed by atoms with E-state index in [0.717, 1.165) is 23.0 Å². The minimum absolute atomic E-state index is 0.938. The van der Waals surface area contributed by atoms with Crippen molar-refractivity contribution in [3.8, 4) is 0 Å². The van der Waals surface area contributed by atoms with Crippen LogP contribution in [0.4, 0.5) is 5.69 Å². The van der Waals surface area contributed by atoms with Crippen molar-refractivity contribution in [2.24, 2.45) is 4.99 Å². The van der Waals surface area contributed by atoms with Gasteiger partial charge in [-0.05, 0) is 32.2 Å². The molecular formula is C11H17N3S. The molecule has 0 radical (unpaired) electrons. The molecule has 0 aromatic carbocycles. The Hall–Kier alpha value is -1.03. The molecule has 1 rings (SSSR count). The smallest absolute Gasteiger partial charge is 0.0962 e. The Labute approximate surface area is 95.6 Å². The zero-order chi connectivity index (χ0) is 11.3. The van der Waals surface area contributed by atoms with E-state index < -0.39 is 0 Å². The number of aromatic nitrogens is 1. The van der Waals surface area contributed by atoms with Gasteiger partial charge in [0.1, 0.15) is 0 Å².